The van der Waals surface area contributed by atoms with Crippen molar-refractivity contribution in [3.05, 3.63) is 83.2 Å². The van der Waals surface area contributed by atoms with Gasteiger partial charge in [0.15, 0.2) is 23.0 Å². The van der Waals surface area contributed by atoms with Crippen molar-refractivity contribution in [1.29, 1.82) is 0 Å². The maximum Gasteiger partial charge on any atom is 0.297 e. The molecule has 46 heavy (non-hydrogen) atoms. The number of rotatable bonds is 10. The van der Waals surface area contributed by atoms with Gasteiger partial charge in [-0.05, 0) is 90.6 Å². The highest BCUT2D eigenvalue weighted by Gasteiger charge is 2.45. The summed E-state index contributed by atoms with van der Waals surface area (Å²) in [4.78, 5) is 7.48. The Morgan fingerprint density at radius 2 is 1.54 bits per heavy atom. The van der Waals surface area contributed by atoms with Crippen molar-refractivity contribution in [1.82, 2.24) is 9.88 Å². The lowest BCUT2D eigenvalue weighted by molar-refractivity contribution is -0.00583. The van der Waals surface area contributed by atoms with Crippen molar-refractivity contribution in [3.63, 3.8) is 0 Å². The van der Waals surface area contributed by atoms with E-state index in [1.807, 2.05) is 25.1 Å². The average molecular weight is 647 g/mol. The van der Waals surface area contributed by atoms with Gasteiger partial charge in [-0.15, -0.1) is 0 Å². The molecule has 4 unspecified atom stereocenters. The lowest BCUT2D eigenvalue weighted by atomic mass is 9.72. The summed E-state index contributed by atoms with van der Waals surface area (Å²) >= 11 is 0. The van der Waals surface area contributed by atoms with Crippen LogP contribution in [0.15, 0.2) is 65.7 Å². The fraction of sp³-hybridized carbons (Fsp3) is 0.417. The molecular formula is C36H42N2O7S. The highest BCUT2D eigenvalue weighted by Crippen LogP contribution is 2.50. The van der Waals surface area contributed by atoms with Crippen molar-refractivity contribution in [3.8, 4) is 23.0 Å². The molecule has 4 atom stereocenters. The first-order valence-corrected chi connectivity index (χ1v) is 17.1. The molecule has 0 amide bonds. The van der Waals surface area contributed by atoms with E-state index in [9.17, 15) is 8.42 Å². The summed E-state index contributed by atoms with van der Waals surface area (Å²) in [7, 11) is 2.33. The molecule has 4 aromatic rings. The maximum absolute atomic E-state index is 14.0. The average Bonchev–Trinajstić information content (AvgIpc) is 3.08. The van der Waals surface area contributed by atoms with Gasteiger partial charge in [0.1, 0.15) is 6.10 Å². The largest absolute Gasteiger partial charge is 0.493 e. The van der Waals surface area contributed by atoms with Crippen molar-refractivity contribution >= 4 is 20.9 Å². The van der Waals surface area contributed by atoms with E-state index in [0.717, 1.165) is 42.3 Å². The second-order valence-electron chi connectivity index (χ2n) is 12.1. The predicted molar refractivity (Wildman–Crippen MR) is 176 cm³/mol. The summed E-state index contributed by atoms with van der Waals surface area (Å²) in [5.41, 5.74) is 3.93. The van der Waals surface area contributed by atoms with Crippen LogP contribution in [0, 0.1) is 18.8 Å². The molecule has 1 aromatic heterocycles. The zero-order valence-electron chi connectivity index (χ0n) is 27.3. The van der Waals surface area contributed by atoms with E-state index < -0.39 is 16.2 Å². The van der Waals surface area contributed by atoms with Gasteiger partial charge in [0, 0.05) is 30.7 Å². The van der Waals surface area contributed by atoms with E-state index in [1.165, 1.54) is 11.1 Å². The minimum Gasteiger partial charge on any atom is -0.493 e. The fourth-order valence-electron chi connectivity index (χ4n) is 7.23. The lowest BCUT2D eigenvalue weighted by Crippen LogP contribution is -2.47. The third-order valence-electron chi connectivity index (χ3n) is 9.71. The molecule has 3 heterocycles. The first-order valence-electron chi connectivity index (χ1n) is 15.7. The van der Waals surface area contributed by atoms with E-state index in [4.69, 9.17) is 28.1 Å². The molecule has 0 bridgehead atoms. The molecule has 0 spiro atoms. The van der Waals surface area contributed by atoms with Crippen LogP contribution >= 0.6 is 0 Å². The van der Waals surface area contributed by atoms with Crippen LogP contribution in [-0.4, -0.2) is 59.8 Å². The third-order valence-corrected chi connectivity index (χ3v) is 11.0. The van der Waals surface area contributed by atoms with Crippen LogP contribution in [0.4, 0.5) is 0 Å². The summed E-state index contributed by atoms with van der Waals surface area (Å²) in [6.45, 7) is 5.81. The number of piperidine rings is 1. The van der Waals surface area contributed by atoms with Crippen molar-refractivity contribution < 1.29 is 31.5 Å². The number of pyridine rings is 1. The van der Waals surface area contributed by atoms with Crippen LogP contribution in [-0.2, 0) is 20.7 Å². The van der Waals surface area contributed by atoms with Gasteiger partial charge < -0.3 is 18.9 Å². The molecule has 2 aliphatic heterocycles. The molecule has 3 aromatic carbocycles. The number of nitrogens with zero attached hydrogens (tertiary/aromatic N) is 2. The van der Waals surface area contributed by atoms with Gasteiger partial charge in [-0.25, -0.2) is 0 Å². The zero-order valence-corrected chi connectivity index (χ0v) is 28.1. The van der Waals surface area contributed by atoms with Gasteiger partial charge in [0.2, 0.25) is 0 Å². The minimum absolute atomic E-state index is 0.0501. The molecule has 1 saturated heterocycles. The third kappa shape index (κ3) is 5.89. The molecule has 10 heteroatoms. The van der Waals surface area contributed by atoms with Gasteiger partial charge in [-0.2, -0.15) is 8.42 Å². The van der Waals surface area contributed by atoms with Crippen LogP contribution in [0.3, 0.4) is 0 Å². The predicted octanol–water partition coefficient (Wildman–Crippen LogP) is 6.67. The molecule has 0 radical (unpaired) electrons. The van der Waals surface area contributed by atoms with E-state index in [0.29, 0.717) is 35.1 Å². The van der Waals surface area contributed by atoms with E-state index in [2.05, 4.69) is 24.0 Å². The first kappa shape index (κ1) is 32.1. The Labute approximate surface area is 271 Å². The number of methoxy groups -OCH3 is 4. The molecule has 6 rings (SSSR count). The normalized spacial score (nSPS) is 20.4. The number of hydrogen-bond donors (Lipinski definition) is 0. The topological polar surface area (TPSA) is 96.4 Å². The van der Waals surface area contributed by atoms with Crippen LogP contribution in [0.25, 0.3) is 10.8 Å². The number of hydrogen-bond acceptors (Lipinski definition) is 9. The number of aromatic nitrogens is 1. The summed E-state index contributed by atoms with van der Waals surface area (Å²) in [5, 5.41) is 1.62. The Kier molecular flexibility index (Phi) is 9.14. The second-order valence-corrected chi connectivity index (χ2v) is 13.7. The summed E-state index contributed by atoms with van der Waals surface area (Å²) < 4.78 is 57.0. The van der Waals surface area contributed by atoms with Gasteiger partial charge in [-0.3, -0.25) is 14.1 Å². The first-order chi connectivity index (χ1) is 22.2. The van der Waals surface area contributed by atoms with Gasteiger partial charge in [0.05, 0.1) is 39.0 Å². The summed E-state index contributed by atoms with van der Waals surface area (Å²) in [6.07, 6.45) is 3.30. The molecule has 9 nitrogen and oxygen atoms in total. The monoisotopic (exact) mass is 646 g/mol. The quantitative estimate of drug-likeness (QED) is 0.175. The number of fused-ring (bicyclic) bond motifs is 4. The molecule has 1 fully saturated rings. The molecule has 2 aliphatic rings. The van der Waals surface area contributed by atoms with Crippen molar-refractivity contribution in [2.45, 2.75) is 50.2 Å². The second kappa shape index (κ2) is 13.1. The smallest absolute Gasteiger partial charge is 0.297 e. The van der Waals surface area contributed by atoms with Crippen LogP contribution in [0.2, 0.25) is 0 Å². The molecule has 0 N–H and O–H groups in total. The Bertz CT molecular complexity index is 1830. The van der Waals surface area contributed by atoms with Crippen molar-refractivity contribution in [2.24, 2.45) is 11.8 Å². The van der Waals surface area contributed by atoms with E-state index in [-0.39, 0.29) is 22.8 Å². The highest BCUT2D eigenvalue weighted by molar-refractivity contribution is 7.86. The molecule has 0 aliphatic carbocycles. The molecule has 244 valence electrons. The summed E-state index contributed by atoms with van der Waals surface area (Å²) in [6, 6.07) is 16.6. The van der Waals surface area contributed by atoms with E-state index >= 15 is 0 Å². The van der Waals surface area contributed by atoms with Gasteiger partial charge in [-0.1, -0.05) is 31.0 Å². The Morgan fingerprint density at radius 1 is 0.891 bits per heavy atom. The zero-order chi connectivity index (χ0) is 32.6. The van der Waals surface area contributed by atoms with Gasteiger partial charge in [0.25, 0.3) is 10.1 Å². The molecule has 0 saturated carbocycles. The fourth-order valence-corrected chi connectivity index (χ4v) is 8.32. The van der Waals surface area contributed by atoms with Crippen LogP contribution in [0.1, 0.15) is 54.3 Å². The van der Waals surface area contributed by atoms with Crippen LogP contribution < -0.4 is 18.9 Å². The Morgan fingerprint density at radius 3 is 2.22 bits per heavy atom. The Hall–Kier alpha value is -3.86. The lowest BCUT2D eigenvalue weighted by Gasteiger charge is -2.48. The number of benzene rings is 3. The maximum atomic E-state index is 14.0. The van der Waals surface area contributed by atoms with Crippen molar-refractivity contribution in [2.75, 3.05) is 41.5 Å². The standard InChI is InChI=1S/C36H42N2O7S/c1-7-23-21-38-15-13-25-17-32(42-4)33(43-5)19-27(25)30(38)18-29(23)36(45-46(39,40)26-10-8-22(2)9-11-26)35-28-20-34(44-6)31(41-3)16-24(28)12-14-37-35/h8-12,14,16-17,19-20,23,29-30,36H,7,13,15,18,21H2,1-6H3. The van der Waals surface area contributed by atoms with Crippen LogP contribution in [0.5, 0.6) is 23.0 Å². The minimum atomic E-state index is -4.16. The SMILES string of the molecule is CCC1CN2CCc3cc(OC)c(OC)cc3C2CC1C(OS(=O)(=O)c1ccc(C)cc1)c1nccc2cc(OC)c(OC)cc12. The Balaban J connectivity index is 1.50. The molecular weight excluding hydrogens is 604 g/mol. The number of ether oxygens (including phenoxy) is 4. The summed E-state index contributed by atoms with van der Waals surface area (Å²) in [5.74, 6) is 2.51. The highest BCUT2D eigenvalue weighted by atomic mass is 32.2. The number of aryl methyl sites for hydroxylation is 1. The van der Waals surface area contributed by atoms with Gasteiger partial charge >= 0.3 is 0 Å². The van der Waals surface area contributed by atoms with E-state index in [1.54, 1.807) is 58.9 Å².